The number of H-pyrrole nitrogens is 1. The third-order valence-electron chi connectivity index (χ3n) is 6.76. The van der Waals surface area contributed by atoms with Gasteiger partial charge >= 0.3 is 0 Å². The first-order chi connectivity index (χ1) is 14.1. The van der Waals surface area contributed by atoms with Gasteiger partial charge in [0.2, 0.25) is 0 Å². The van der Waals surface area contributed by atoms with Crippen LogP contribution in [0.2, 0.25) is 0 Å². The molecule has 1 aliphatic carbocycles. The third-order valence-corrected chi connectivity index (χ3v) is 7.99. The minimum Gasteiger partial charge on any atom is -0.340 e. The van der Waals surface area contributed by atoms with Gasteiger partial charge in [-0.15, -0.1) is 11.3 Å². The standard InChI is InChI=1S/C24H29N3OS/c1-15(2)16-10-11-21-17(13-16)14-22(29-21)24(28)27-12-6-5-9-20(27)23-25-18-7-3-4-8-19(18)26-23/h3-4,7-8,14-16,20H,5-6,9-13H2,1-2H3,(H,25,26). The van der Waals surface area contributed by atoms with Gasteiger partial charge in [-0.05, 0) is 74.1 Å². The van der Waals surface area contributed by atoms with Crippen LogP contribution in [-0.2, 0) is 12.8 Å². The van der Waals surface area contributed by atoms with Gasteiger partial charge in [-0.1, -0.05) is 26.0 Å². The summed E-state index contributed by atoms with van der Waals surface area (Å²) in [5.41, 5.74) is 3.44. The molecule has 2 unspecified atom stereocenters. The lowest BCUT2D eigenvalue weighted by molar-refractivity contribution is 0.0606. The summed E-state index contributed by atoms with van der Waals surface area (Å²) in [5, 5.41) is 0. The van der Waals surface area contributed by atoms with Crippen LogP contribution in [0.4, 0.5) is 0 Å². The Hall–Kier alpha value is -2.14. The number of aromatic nitrogens is 2. The summed E-state index contributed by atoms with van der Waals surface area (Å²) in [6.07, 6.45) is 6.70. The SMILES string of the molecule is CC(C)C1CCc2sc(C(=O)N3CCCCC3c3nc4ccccc4[nH]3)cc2C1. The number of carbonyl (C=O) groups excluding carboxylic acids is 1. The minimum absolute atomic E-state index is 0.0474. The number of nitrogens with one attached hydrogen (secondary N) is 1. The van der Waals surface area contributed by atoms with Crippen LogP contribution in [0.3, 0.4) is 0 Å². The zero-order chi connectivity index (χ0) is 20.0. The Kier molecular flexibility index (Phi) is 4.94. The highest BCUT2D eigenvalue weighted by atomic mass is 32.1. The van der Waals surface area contributed by atoms with E-state index in [1.165, 1.54) is 16.9 Å². The van der Waals surface area contributed by atoms with Crippen molar-refractivity contribution < 1.29 is 4.79 Å². The fraction of sp³-hybridized carbons (Fsp3) is 0.500. The third kappa shape index (κ3) is 3.50. The molecule has 1 aliphatic heterocycles. The van der Waals surface area contributed by atoms with Crippen LogP contribution in [0, 0.1) is 11.8 Å². The fourth-order valence-corrected chi connectivity index (χ4v) is 6.12. The Labute approximate surface area is 176 Å². The number of rotatable bonds is 3. The zero-order valence-electron chi connectivity index (χ0n) is 17.3. The summed E-state index contributed by atoms with van der Waals surface area (Å²) in [6, 6.07) is 10.4. The molecule has 5 rings (SSSR count). The number of fused-ring (bicyclic) bond motifs is 2. The summed E-state index contributed by atoms with van der Waals surface area (Å²) in [6.45, 7) is 5.46. The molecule has 1 N–H and O–H groups in total. The quantitative estimate of drug-likeness (QED) is 0.601. The van der Waals surface area contributed by atoms with Gasteiger partial charge in [0.15, 0.2) is 0 Å². The lowest BCUT2D eigenvalue weighted by Crippen LogP contribution is -2.38. The molecule has 2 aliphatic rings. The number of amides is 1. The molecular formula is C24H29N3OS. The number of nitrogens with zero attached hydrogens (tertiary/aromatic N) is 2. The van der Waals surface area contributed by atoms with Crippen LogP contribution in [0.15, 0.2) is 30.3 Å². The van der Waals surface area contributed by atoms with E-state index in [-0.39, 0.29) is 11.9 Å². The maximum absolute atomic E-state index is 13.5. The lowest BCUT2D eigenvalue weighted by Gasteiger charge is -2.34. The Morgan fingerprint density at radius 2 is 2.10 bits per heavy atom. The number of carbonyl (C=O) groups is 1. The van der Waals surface area contributed by atoms with Gasteiger partial charge in [-0.25, -0.2) is 4.98 Å². The van der Waals surface area contributed by atoms with E-state index in [2.05, 4.69) is 35.9 Å². The van der Waals surface area contributed by atoms with Crippen molar-refractivity contribution in [1.82, 2.24) is 14.9 Å². The molecule has 0 spiro atoms. The molecule has 1 fully saturated rings. The smallest absolute Gasteiger partial charge is 0.264 e. The monoisotopic (exact) mass is 407 g/mol. The molecule has 1 amide bonds. The summed E-state index contributed by atoms with van der Waals surface area (Å²) in [7, 11) is 0. The molecule has 0 bridgehead atoms. The molecule has 3 aromatic rings. The van der Waals surface area contributed by atoms with Gasteiger partial charge in [-0.3, -0.25) is 4.79 Å². The van der Waals surface area contributed by atoms with Crippen LogP contribution in [0.5, 0.6) is 0 Å². The Balaban J connectivity index is 1.42. The number of para-hydroxylation sites is 2. The van der Waals surface area contributed by atoms with Gasteiger partial charge in [-0.2, -0.15) is 0 Å². The number of hydrogen-bond acceptors (Lipinski definition) is 3. The molecule has 0 radical (unpaired) electrons. The van der Waals surface area contributed by atoms with Gasteiger partial charge in [0.25, 0.3) is 5.91 Å². The number of piperidine rings is 1. The van der Waals surface area contributed by atoms with E-state index in [0.29, 0.717) is 5.92 Å². The van der Waals surface area contributed by atoms with E-state index >= 15 is 0 Å². The van der Waals surface area contributed by atoms with Crippen molar-refractivity contribution in [3.05, 3.63) is 51.5 Å². The van der Waals surface area contributed by atoms with Crippen molar-refractivity contribution >= 4 is 28.3 Å². The van der Waals surface area contributed by atoms with Crippen LogP contribution in [0.25, 0.3) is 11.0 Å². The highest BCUT2D eigenvalue weighted by Gasteiger charge is 2.33. The van der Waals surface area contributed by atoms with Crippen molar-refractivity contribution in [2.24, 2.45) is 11.8 Å². The maximum atomic E-state index is 13.5. The van der Waals surface area contributed by atoms with Crippen LogP contribution < -0.4 is 0 Å². The predicted molar refractivity (Wildman–Crippen MR) is 118 cm³/mol. The fourth-order valence-electron chi connectivity index (χ4n) is 4.96. The number of aromatic amines is 1. The number of thiophene rings is 1. The average molecular weight is 408 g/mol. The van der Waals surface area contributed by atoms with E-state index in [4.69, 9.17) is 4.98 Å². The Bertz CT molecular complexity index is 1000. The number of hydrogen-bond donors (Lipinski definition) is 1. The van der Waals surface area contributed by atoms with E-state index in [9.17, 15) is 4.79 Å². The topological polar surface area (TPSA) is 49.0 Å². The van der Waals surface area contributed by atoms with Gasteiger partial charge in [0, 0.05) is 11.4 Å². The summed E-state index contributed by atoms with van der Waals surface area (Å²) >= 11 is 1.73. The van der Waals surface area contributed by atoms with E-state index < -0.39 is 0 Å². The highest BCUT2D eigenvalue weighted by molar-refractivity contribution is 7.14. The Morgan fingerprint density at radius 3 is 2.93 bits per heavy atom. The van der Waals surface area contributed by atoms with Crippen molar-refractivity contribution in [3.63, 3.8) is 0 Å². The van der Waals surface area contributed by atoms with Gasteiger partial charge in [0.05, 0.1) is 22.0 Å². The van der Waals surface area contributed by atoms with Gasteiger partial charge in [0.1, 0.15) is 5.82 Å². The van der Waals surface area contributed by atoms with E-state index in [1.54, 1.807) is 11.3 Å². The molecule has 152 valence electrons. The molecule has 5 heteroatoms. The molecule has 1 saturated heterocycles. The molecule has 1 aromatic carbocycles. The molecule has 2 aromatic heterocycles. The van der Waals surface area contributed by atoms with Gasteiger partial charge < -0.3 is 9.88 Å². The van der Waals surface area contributed by atoms with Crippen LogP contribution in [-0.4, -0.2) is 27.3 Å². The highest BCUT2D eigenvalue weighted by Crippen LogP contribution is 2.38. The summed E-state index contributed by atoms with van der Waals surface area (Å²) in [4.78, 5) is 26.2. The summed E-state index contributed by atoms with van der Waals surface area (Å²) in [5.74, 6) is 2.58. The first-order valence-corrected chi connectivity index (χ1v) is 11.8. The molecule has 3 heterocycles. The van der Waals surface area contributed by atoms with Crippen LogP contribution >= 0.6 is 11.3 Å². The number of benzene rings is 1. The second kappa shape index (κ2) is 7.60. The number of imidazole rings is 1. The second-order valence-electron chi connectivity index (χ2n) is 8.96. The Morgan fingerprint density at radius 1 is 1.24 bits per heavy atom. The van der Waals surface area contributed by atoms with Crippen molar-refractivity contribution in [2.45, 2.75) is 58.4 Å². The zero-order valence-corrected chi connectivity index (χ0v) is 18.1. The van der Waals surface area contributed by atoms with E-state index in [1.807, 2.05) is 18.2 Å². The molecule has 4 nitrogen and oxygen atoms in total. The number of aryl methyl sites for hydroxylation is 1. The minimum atomic E-state index is 0.0474. The molecule has 29 heavy (non-hydrogen) atoms. The number of likely N-dealkylation sites (tertiary alicyclic amines) is 1. The molecular weight excluding hydrogens is 378 g/mol. The van der Waals surface area contributed by atoms with Crippen molar-refractivity contribution in [3.8, 4) is 0 Å². The summed E-state index contributed by atoms with van der Waals surface area (Å²) < 4.78 is 0. The normalized spacial score (nSPS) is 22.2. The predicted octanol–water partition coefficient (Wildman–Crippen LogP) is 5.75. The largest absolute Gasteiger partial charge is 0.340 e. The first kappa shape index (κ1) is 18.9. The second-order valence-corrected chi connectivity index (χ2v) is 10.1. The lowest BCUT2D eigenvalue weighted by atomic mass is 9.81. The maximum Gasteiger partial charge on any atom is 0.264 e. The molecule has 0 saturated carbocycles. The van der Waals surface area contributed by atoms with Crippen LogP contribution in [0.1, 0.15) is 71.5 Å². The average Bonchev–Trinajstić information content (AvgIpc) is 3.36. The van der Waals surface area contributed by atoms with Crippen molar-refractivity contribution in [2.75, 3.05) is 6.54 Å². The van der Waals surface area contributed by atoms with Crippen molar-refractivity contribution in [1.29, 1.82) is 0 Å². The molecule has 2 atom stereocenters. The first-order valence-electron chi connectivity index (χ1n) is 11.0. The van der Waals surface area contributed by atoms with E-state index in [0.717, 1.165) is 66.3 Å².